The monoisotopic (exact) mass is 243 g/mol. The maximum Gasteiger partial charge on any atom is 0.120 e. The van der Waals surface area contributed by atoms with Crippen LogP contribution in [-0.4, -0.2) is 31.1 Å². The third kappa shape index (κ3) is 2.44. The van der Waals surface area contributed by atoms with E-state index in [9.17, 15) is 0 Å². The summed E-state index contributed by atoms with van der Waals surface area (Å²) in [6.45, 7) is 2.32. The van der Waals surface area contributed by atoms with E-state index in [0.717, 1.165) is 12.3 Å². The molecule has 1 unspecified atom stereocenters. The van der Waals surface area contributed by atoms with Crippen LogP contribution in [0.1, 0.15) is 25.7 Å². The quantitative estimate of drug-likeness (QED) is 0.739. The zero-order chi connectivity index (χ0) is 12.4. The maximum absolute atomic E-state index is 6.18. The smallest absolute Gasteiger partial charge is 0.120 e. The fourth-order valence-corrected chi connectivity index (χ4v) is 3.09. The van der Waals surface area contributed by atoms with Gasteiger partial charge in [0.25, 0.3) is 0 Å². The van der Waals surface area contributed by atoms with E-state index in [1.807, 2.05) is 18.2 Å². The van der Waals surface area contributed by atoms with E-state index in [1.54, 1.807) is 11.1 Å². The fraction of sp³-hybridized carbons (Fsp3) is 0.500. The van der Waals surface area contributed by atoms with Crippen LogP contribution in [-0.2, 0) is 0 Å². The van der Waals surface area contributed by atoms with Crippen molar-refractivity contribution in [2.75, 3.05) is 20.1 Å². The molecule has 1 atom stereocenters. The van der Waals surface area contributed by atoms with Crippen LogP contribution in [0.25, 0.3) is 0 Å². The Morgan fingerprint density at radius 2 is 2.00 bits per heavy atom. The molecule has 18 heavy (non-hydrogen) atoms. The highest BCUT2D eigenvalue weighted by atomic mass is 16.5. The molecule has 0 saturated heterocycles. The lowest BCUT2D eigenvalue weighted by atomic mass is 9.85. The third-order valence-electron chi connectivity index (χ3n) is 4.03. The number of hydrogen-bond donors (Lipinski definition) is 0. The molecule has 2 heteroatoms. The summed E-state index contributed by atoms with van der Waals surface area (Å²) in [6, 6.07) is 10.2. The first kappa shape index (κ1) is 11.8. The predicted molar refractivity (Wildman–Crippen MR) is 73.8 cm³/mol. The summed E-state index contributed by atoms with van der Waals surface area (Å²) in [6.07, 6.45) is 5.23. The molecular formula is C16H21NO. The van der Waals surface area contributed by atoms with Crippen LogP contribution >= 0.6 is 0 Å². The number of para-hydroxylation sites is 1. The molecule has 0 aromatic heterocycles. The van der Waals surface area contributed by atoms with Gasteiger partial charge in [0.15, 0.2) is 0 Å². The van der Waals surface area contributed by atoms with Crippen molar-refractivity contribution in [3.8, 4) is 5.75 Å². The molecule has 0 saturated carbocycles. The number of rotatable bonds is 2. The lowest BCUT2D eigenvalue weighted by Crippen LogP contribution is -2.35. The lowest BCUT2D eigenvalue weighted by Gasteiger charge is -2.35. The van der Waals surface area contributed by atoms with Crippen LogP contribution in [0.4, 0.5) is 0 Å². The molecule has 3 rings (SSSR count). The van der Waals surface area contributed by atoms with Crippen molar-refractivity contribution in [2.45, 2.75) is 31.8 Å². The normalized spacial score (nSPS) is 24.8. The molecule has 0 fully saturated rings. The fourth-order valence-electron chi connectivity index (χ4n) is 3.09. The van der Waals surface area contributed by atoms with Gasteiger partial charge >= 0.3 is 0 Å². The van der Waals surface area contributed by atoms with E-state index < -0.39 is 0 Å². The molecule has 0 spiro atoms. The molecule has 0 bridgehead atoms. The summed E-state index contributed by atoms with van der Waals surface area (Å²) in [5, 5.41) is 0. The number of benzene rings is 1. The van der Waals surface area contributed by atoms with E-state index in [1.165, 1.54) is 32.2 Å². The van der Waals surface area contributed by atoms with Crippen LogP contribution in [0.2, 0.25) is 0 Å². The zero-order valence-corrected chi connectivity index (χ0v) is 11.1. The Hall–Kier alpha value is -1.28. The van der Waals surface area contributed by atoms with Gasteiger partial charge in [0.2, 0.25) is 0 Å². The zero-order valence-electron chi connectivity index (χ0n) is 11.1. The molecule has 2 aliphatic rings. The topological polar surface area (TPSA) is 12.5 Å². The largest absolute Gasteiger partial charge is 0.486 e. The second kappa shape index (κ2) is 5.15. The van der Waals surface area contributed by atoms with Crippen molar-refractivity contribution in [1.82, 2.24) is 4.90 Å². The number of likely N-dealkylation sites (N-methyl/N-ethyl adjacent to an activating group) is 1. The molecule has 0 radical (unpaired) electrons. The van der Waals surface area contributed by atoms with Gasteiger partial charge in [-0.2, -0.15) is 0 Å². The van der Waals surface area contributed by atoms with E-state index >= 15 is 0 Å². The van der Waals surface area contributed by atoms with Gasteiger partial charge in [0.1, 0.15) is 11.9 Å². The van der Waals surface area contributed by atoms with Gasteiger partial charge in [-0.25, -0.2) is 0 Å². The minimum atomic E-state index is 0.324. The molecule has 1 aliphatic heterocycles. The van der Waals surface area contributed by atoms with Crippen molar-refractivity contribution >= 4 is 0 Å². The van der Waals surface area contributed by atoms with E-state index in [-0.39, 0.29) is 0 Å². The Balaban J connectivity index is 1.78. The average molecular weight is 243 g/mol. The third-order valence-corrected chi connectivity index (χ3v) is 4.03. The maximum atomic E-state index is 6.18. The Kier molecular flexibility index (Phi) is 3.37. The molecule has 1 aromatic rings. The van der Waals surface area contributed by atoms with Crippen LogP contribution in [0.3, 0.4) is 0 Å². The van der Waals surface area contributed by atoms with Crippen LogP contribution < -0.4 is 4.74 Å². The first-order valence-electron chi connectivity index (χ1n) is 6.94. The summed E-state index contributed by atoms with van der Waals surface area (Å²) in [5.74, 6) is 1.01. The SMILES string of the molecule is CN1CCC2=C(CCCC2Oc2ccccc2)C1. The Morgan fingerprint density at radius 1 is 1.17 bits per heavy atom. The average Bonchev–Trinajstić information content (AvgIpc) is 2.40. The number of ether oxygens (including phenoxy) is 1. The Labute approximate surface area is 109 Å². The minimum Gasteiger partial charge on any atom is -0.486 e. The minimum absolute atomic E-state index is 0.324. The molecule has 1 aromatic carbocycles. The van der Waals surface area contributed by atoms with Gasteiger partial charge in [-0.05, 0) is 50.4 Å². The Morgan fingerprint density at radius 3 is 2.83 bits per heavy atom. The molecule has 0 amide bonds. The first-order chi connectivity index (χ1) is 8.83. The second-order valence-corrected chi connectivity index (χ2v) is 5.43. The summed E-state index contributed by atoms with van der Waals surface area (Å²) in [5.41, 5.74) is 3.22. The highest BCUT2D eigenvalue weighted by Gasteiger charge is 2.27. The first-order valence-corrected chi connectivity index (χ1v) is 6.94. The van der Waals surface area contributed by atoms with E-state index in [0.29, 0.717) is 6.10 Å². The van der Waals surface area contributed by atoms with Gasteiger partial charge < -0.3 is 9.64 Å². The van der Waals surface area contributed by atoms with E-state index in [2.05, 4.69) is 24.1 Å². The summed E-state index contributed by atoms with van der Waals surface area (Å²) in [4.78, 5) is 2.42. The van der Waals surface area contributed by atoms with E-state index in [4.69, 9.17) is 4.74 Å². The van der Waals surface area contributed by atoms with Gasteiger partial charge in [0, 0.05) is 13.1 Å². The van der Waals surface area contributed by atoms with Crippen LogP contribution in [0.15, 0.2) is 41.5 Å². The van der Waals surface area contributed by atoms with Crippen molar-refractivity contribution in [1.29, 1.82) is 0 Å². The molecule has 1 heterocycles. The highest BCUT2D eigenvalue weighted by Crippen LogP contribution is 2.33. The van der Waals surface area contributed by atoms with Gasteiger partial charge in [0.05, 0.1) is 0 Å². The van der Waals surface area contributed by atoms with Crippen molar-refractivity contribution in [3.05, 3.63) is 41.5 Å². The molecule has 96 valence electrons. The Bertz CT molecular complexity index is 438. The van der Waals surface area contributed by atoms with Crippen molar-refractivity contribution < 1.29 is 4.74 Å². The van der Waals surface area contributed by atoms with Crippen molar-refractivity contribution in [3.63, 3.8) is 0 Å². The molecule has 1 aliphatic carbocycles. The van der Waals surface area contributed by atoms with Gasteiger partial charge in [-0.15, -0.1) is 0 Å². The standard InChI is InChI=1S/C16H21NO/c1-17-11-10-15-13(12-17)6-5-9-16(15)18-14-7-3-2-4-8-14/h2-4,7-8,16H,5-6,9-12H2,1H3. The van der Waals surface area contributed by atoms with Crippen molar-refractivity contribution in [2.24, 2.45) is 0 Å². The highest BCUT2D eigenvalue weighted by molar-refractivity contribution is 5.28. The van der Waals surface area contributed by atoms with Crippen LogP contribution in [0, 0.1) is 0 Å². The lowest BCUT2D eigenvalue weighted by molar-refractivity contribution is 0.193. The second-order valence-electron chi connectivity index (χ2n) is 5.43. The molecule has 2 nitrogen and oxygen atoms in total. The summed E-state index contributed by atoms with van der Waals surface area (Å²) < 4.78 is 6.18. The number of hydrogen-bond acceptors (Lipinski definition) is 2. The number of nitrogens with zero attached hydrogens (tertiary/aromatic N) is 1. The predicted octanol–water partition coefficient (Wildman–Crippen LogP) is 3.25. The molecular weight excluding hydrogens is 222 g/mol. The van der Waals surface area contributed by atoms with Gasteiger partial charge in [-0.3, -0.25) is 0 Å². The summed E-state index contributed by atoms with van der Waals surface area (Å²) in [7, 11) is 2.21. The van der Waals surface area contributed by atoms with Crippen LogP contribution in [0.5, 0.6) is 5.75 Å². The molecule has 0 N–H and O–H groups in total. The van der Waals surface area contributed by atoms with Gasteiger partial charge in [-0.1, -0.05) is 23.8 Å². The summed E-state index contributed by atoms with van der Waals surface area (Å²) >= 11 is 0.